The monoisotopic (exact) mass is 405 g/mol. The maximum absolute atomic E-state index is 12.9. The molecule has 5 rings (SSSR count). The smallest absolute Gasteiger partial charge is 0.251 e. The van der Waals surface area contributed by atoms with Crippen molar-refractivity contribution >= 4 is 11.7 Å². The summed E-state index contributed by atoms with van der Waals surface area (Å²) < 4.78 is 3.72. The van der Waals surface area contributed by atoms with Crippen molar-refractivity contribution in [3.05, 3.63) is 58.8 Å². The van der Waals surface area contributed by atoms with Gasteiger partial charge in [-0.3, -0.25) is 9.59 Å². The van der Waals surface area contributed by atoms with Gasteiger partial charge in [-0.15, -0.1) is 0 Å². The van der Waals surface area contributed by atoms with Gasteiger partial charge in [0.1, 0.15) is 24.5 Å². The van der Waals surface area contributed by atoms with Crippen molar-refractivity contribution in [2.24, 2.45) is 5.92 Å². The summed E-state index contributed by atoms with van der Waals surface area (Å²) in [7, 11) is 0. The molecule has 30 heavy (non-hydrogen) atoms. The molecule has 2 aliphatic heterocycles. The summed E-state index contributed by atoms with van der Waals surface area (Å²) in [6, 6.07) is 5.29. The van der Waals surface area contributed by atoms with E-state index in [1.54, 1.807) is 18.3 Å². The largest absolute Gasteiger partial charge is 0.384 e. The van der Waals surface area contributed by atoms with Gasteiger partial charge in [0.25, 0.3) is 5.56 Å². The van der Waals surface area contributed by atoms with Crippen LogP contribution in [0.4, 0.5) is 5.82 Å². The van der Waals surface area contributed by atoms with Gasteiger partial charge in [0.2, 0.25) is 5.91 Å². The number of aromatic nitrogens is 5. The minimum atomic E-state index is -0.0387. The molecular weight excluding hydrogens is 382 g/mol. The van der Waals surface area contributed by atoms with E-state index in [1.807, 2.05) is 33.2 Å². The number of anilines is 1. The van der Waals surface area contributed by atoms with Gasteiger partial charge in [0, 0.05) is 61.3 Å². The molecule has 0 spiro atoms. The number of fused-ring (bicyclic) bond motifs is 4. The van der Waals surface area contributed by atoms with E-state index in [4.69, 9.17) is 5.73 Å². The predicted molar refractivity (Wildman–Crippen MR) is 111 cm³/mol. The Kier molecular flexibility index (Phi) is 4.38. The lowest BCUT2D eigenvalue weighted by atomic mass is 9.82. The number of hydrogen-bond donors (Lipinski definition) is 1. The lowest BCUT2D eigenvalue weighted by Gasteiger charge is -2.43. The highest BCUT2D eigenvalue weighted by Gasteiger charge is 2.36. The number of pyridine rings is 1. The number of likely N-dealkylation sites (tertiary alicyclic amines) is 1. The number of imidazole rings is 1. The number of nitrogens with zero attached hydrogens (tertiary/aromatic N) is 6. The second-order valence-electron chi connectivity index (χ2n) is 8.15. The fraction of sp³-hybridized carbons (Fsp3) is 0.381. The van der Waals surface area contributed by atoms with E-state index in [2.05, 4.69) is 15.0 Å². The molecule has 9 nitrogen and oxygen atoms in total. The van der Waals surface area contributed by atoms with Crippen LogP contribution in [0.2, 0.25) is 0 Å². The normalized spacial score (nSPS) is 20.1. The summed E-state index contributed by atoms with van der Waals surface area (Å²) in [4.78, 5) is 40.1. The molecule has 2 atom stereocenters. The van der Waals surface area contributed by atoms with Crippen LogP contribution in [0.5, 0.6) is 0 Å². The lowest BCUT2D eigenvalue weighted by Crippen LogP contribution is -2.49. The highest BCUT2D eigenvalue weighted by molar-refractivity contribution is 5.76. The first kappa shape index (κ1) is 18.5. The zero-order chi connectivity index (χ0) is 20.8. The number of rotatable bonds is 3. The van der Waals surface area contributed by atoms with Crippen molar-refractivity contribution in [3.8, 4) is 11.3 Å². The number of carbonyl (C=O) groups is 1. The van der Waals surface area contributed by atoms with Gasteiger partial charge in [-0.05, 0) is 25.3 Å². The van der Waals surface area contributed by atoms with E-state index in [0.717, 1.165) is 23.5 Å². The van der Waals surface area contributed by atoms with E-state index in [1.165, 1.54) is 6.33 Å². The minimum absolute atomic E-state index is 0.0387. The van der Waals surface area contributed by atoms with E-state index in [-0.39, 0.29) is 23.3 Å². The molecule has 9 heteroatoms. The summed E-state index contributed by atoms with van der Waals surface area (Å²) in [5.41, 5.74) is 8.07. The van der Waals surface area contributed by atoms with Crippen LogP contribution in [0.25, 0.3) is 11.3 Å². The third kappa shape index (κ3) is 3.26. The van der Waals surface area contributed by atoms with E-state index in [0.29, 0.717) is 37.7 Å². The second kappa shape index (κ2) is 7.08. The van der Waals surface area contributed by atoms with Gasteiger partial charge < -0.3 is 19.8 Å². The average Bonchev–Trinajstić information content (AvgIpc) is 3.13. The number of hydrogen-bond acceptors (Lipinski definition) is 6. The van der Waals surface area contributed by atoms with Gasteiger partial charge in [-0.2, -0.15) is 0 Å². The standard InChI is InChI=1S/C21H23N7O2/c1-13-23-2-3-26(13)11-21(30)27-8-14-4-16(10-27)18-5-15(6-20(29)28(18)9-14)17-7-19(22)25-12-24-17/h2-3,5-7,12,14,16H,4,8-11H2,1H3,(H2,22,24,25)/t14-,16+/m0/s1. The van der Waals surface area contributed by atoms with Gasteiger partial charge in [0.05, 0.1) is 5.69 Å². The summed E-state index contributed by atoms with van der Waals surface area (Å²) in [5.74, 6) is 1.68. The second-order valence-corrected chi connectivity index (χ2v) is 8.15. The number of carbonyl (C=O) groups excluding carboxylic acids is 1. The predicted octanol–water partition coefficient (Wildman–Crippen LogP) is 1.04. The van der Waals surface area contributed by atoms with Gasteiger partial charge in [-0.1, -0.05) is 0 Å². The van der Waals surface area contributed by atoms with Crippen LogP contribution in [-0.2, 0) is 17.9 Å². The molecule has 1 fully saturated rings. The van der Waals surface area contributed by atoms with Crippen molar-refractivity contribution < 1.29 is 4.79 Å². The van der Waals surface area contributed by atoms with Crippen molar-refractivity contribution in [2.75, 3.05) is 18.8 Å². The van der Waals surface area contributed by atoms with Crippen LogP contribution >= 0.6 is 0 Å². The molecule has 3 aromatic heterocycles. The van der Waals surface area contributed by atoms with Crippen LogP contribution in [0.15, 0.2) is 41.7 Å². The first-order valence-electron chi connectivity index (χ1n) is 10.1. The van der Waals surface area contributed by atoms with Gasteiger partial charge in [-0.25, -0.2) is 15.0 Å². The van der Waals surface area contributed by atoms with E-state index in [9.17, 15) is 9.59 Å². The molecule has 0 aliphatic carbocycles. The molecule has 3 aromatic rings. The Bertz CT molecular complexity index is 1180. The minimum Gasteiger partial charge on any atom is -0.384 e. The van der Waals surface area contributed by atoms with Gasteiger partial charge >= 0.3 is 0 Å². The summed E-state index contributed by atoms with van der Waals surface area (Å²) in [6.07, 6.45) is 5.91. The summed E-state index contributed by atoms with van der Waals surface area (Å²) in [5, 5.41) is 0. The molecule has 5 heterocycles. The third-order valence-electron chi connectivity index (χ3n) is 6.12. The lowest BCUT2D eigenvalue weighted by molar-refractivity contribution is -0.134. The molecule has 2 bridgehead atoms. The van der Waals surface area contributed by atoms with E-state index >= 15 is 0 Å². The van der Waals surface area contributed by atoms with Crippen LogP contribution in [0.1, 0.15) is 23.9 Å². The Morgan fingerprint density at radius 1 is 1.17 bits per heavy atom. The topological polar surface area (TPSA) is 112 Å². The SMILES string of the molecule is Cc1nccn1CC(=O)N1C[C@@H]2C[C@H](C1)c1cc(-c3cc(N)ncn3)cc(=O)n1C2. The van der Waals surface area contributed by atoms with Crippen molar-refractivity contribution in [1.82, 2.24) is 29.0 Å². The molecular formula is C21H23N7O2. The Morgan fingerprint density at radius 3 is 2.80 bits per heavy atom. The number of nitrogens with two attached hydrogens (primary N) is 1. The maximum atomic E-state index is 12.9. The Hall–Kier alpha value is -3.49. The highest BCUT2D eigenvalue weighted by Crippen LogP contribution is 2.36. The molecule has 1 amide bonds. The van der Waals surface area contributed by atoms with Crippen molar-refractivity contribution in [3.63, 3.8) is 0 Å². The molecule has 1 saturated heterocycles. The first-order chi connectivity index (χ1) is 14.5. The molecule has 0 unspecified atom stereocenters. The average molecular weight is 405 g/mol. The zero-order valence-corrected chi connectivity index (χ0v) is 16.7. The summed E-state index contributed by atoms with van der Waals surface area (Å²) in [6.45, 7) is 4.10. The third-order valence-corrected chi connectivity index (χ3v) is 6.12. The number of amides is 1. The molecule has 0 saturated carbocycles. The van der Waals surface area contributed by atoms with Crippen LogP contribution in [-0.4, -0.2) is 48.0 Å². The Labute approximate surface area is 173 Å². The number of aryl methyl sites for hydroxylation is 1. The maximum Gasteiger partial charge on any atom is 0.251 e. The fourth-order valence-corrected chi connectivity index (χ4v) is 4.66. The van der Waals surface area contributed by atoms with Crippen LogP contribution in [0, 0.1) is 12.8 Å². The first-order valence-corrected chi connectivity index (χ1v) is 10.1. The quantitative estimate of drug-likeness (QED) is 0.697. The van der Waals surface area contributed by atoms with Crippen molar-refractivity contribution in [1.29, 1.82) is 0 Å². The molecule has 2 N–H and O–H groups in total. The van der Waals surface area contributed by atoms with Crippen LogP contribution < -0.4 is 11.3 Å². The Balaban J connectivity index is 1.44. The number of piperidine rings is 1. The van der Waals surface area contributed by atoms with Crippen molar-refractivity contribution in [2.45, 2.75) is 32.4 Å². The fourth-order valence-electron chi connectivity index (χ4n) is 4.66. The summed E-state index contributed by atoms with van der Waals surface area (Å²) >= 11 is 0. The van der Waals surface area contributed by atoms with Crippen LogP contribution in [0.3, 0.4) is 0 Å². The number of nitrogen functional groups attached to an aromatic ring is 1. The molecule has 0 radical (unpaired) electrons. The van der Waals surface area contributed by atoms with Gasteiger partial charge in [0.15, 0.2) is 0 Å². The molecule has 154 valence electrons. The highest BCUT2D eigenvalue weighted by atomic mass is 16.2. The van der Waals surface area contributed by atoms with E-state index < -0.39 is 0 Å². The zero-order valence-electron chi connectivity index (χ0n) is 16.7. The molecule has 2 aliphatic rings. The molecule has 0 aromatic carbocycles. The Morgan fingerprint density at radius 2 is 2.03 bits per heavy atom.